The van der Waals surface area contributed by atoms with Gasteiger partial charge in [0.25, 0.3) is 0 Å². The third kappa shape index (κ3) is 4.88. The van der Waals surface area contributed by atoms with Crippen LogP contribution < -0.4 is 15.4 Å². The monoisotopic (exact) mass is 365 g/mol. The van der Waals surface area contributed by atoms with Crippen LogP contribution in [0.25, 0.3) is 11.5 Å². The third-order valence-corrected chi connectivity index (χ3v) is 4.00. The van der Waals surface area contributed by atoms with Crippen LogP contribution in [0.15, 0.2) is 52.9 Å². The van der Waals surface area contributed by atoms with Crippen molar-refractivity contribution in [3.05, 3.63) is 65.5 Å². The summed E-state index contributed by atoms with van der Waals surface area (Å²) in [5.74, 6) is 2.00. The minimum Gasteiger partial charge on any atom is -0.494 e. The fourth-order valence-corrected chi connectivity index (χ4v) is 2.64. The van der Waals surface area contributed by atoms with Crippen LogP contribution in [0.5, 0.6) is 5.75 Å². The zero-order valence-electron chi connectivity index (χ0n) is 15.7. The highest BCUT2D eigenvalue weighted by atomic mass is 16.5. The van der Waals surface area contributed by atoms with E-state index in [9.17, 15) is 4.79 Å². The SMILES string of the molecule is CCOc1ccc(-c2nc(CNC(=O)Nc3cccc(C)c3)c(C)o2)cc1. The standard InChI is InChI=1S/C21H23N3O3/c1-4-26-18-10-8-16(9-11-18)20-24-19(15(3)27-20)13-22-21(25)23-17-7-5-6-14(2)12-17/h5-12H,4,13H2,1-3H3,(H2,22,23,25). The maximum atomic E-state index is 12.1. The highest BCUT2D eigenvalue weighted by Crippen LogP contribution is 2.24. The fraction of sp³-hybridized carbons (Fsp3) is 0.238. The van der Waals surface area contributed by atoms with Crippen LogP contribution in [0.4, 0.5) is 10.5 Å². The van der Waals surface area contributed by atoms with Crippen molar-refractivity contribution in [1.29, 1.82) is 0 Å². The minimum atomic E-state index is -0.286. The second-order valence-corrected chi connectivity index (χ2v) is 6.16. The summed E-state index contributed by atoms with van der Waals surface area (Å²) >= 11 is 0. The molecule has 0 bridgehead atoms. The number of anilines is 1. The van der Waals surface area contributed by atoms with Gasteiger partial charge in [-0.3, -0.25) is 0 Å². The summed E-state index contributed by atoms with van der Waals surface area (Å²) in [5, 5.41) is 5.61. The van der Waals surface area contributed by atoms with Crippen molar-refractivity contribution in [2.24, 2.45) is 0 Å². The smallest absolute Gasteiger partial charge is 0.319 e. The molecule has 3 rings (SSSR count). The molecule has 0 atom stereocenters. The summed E-state index contributed by atoms with van der Waals surface area (Å²) in [6.07, 6.45) is 0. The summed E-state index contributed by atoms with van der Waals surface area (Å²) in [7, 11) is 0. The van der Waals surface area contributed by atoms with E-state index in [4.69, 9.17) is 9.15 Å². The number of aryl methyl sites for hydroxylation is 2. The Bertz CT molecular complexity index is 917. The molecular formula is C21H23N3O3. The molecule has 0 unspecified atom stereocenters. The van der Waals surface area contributed by atoms with Crippen LogP contribution in [0.2, 0.25) is 0 Å². The highest BCUT2D eigenvalue weighted by molar-refractivity contribution is 5.89. The van der Waals surface area contributed by atoms with Gasteiger partial charge in [0.2, 0.25) is 5.89 Å². The lowest BCUT2D eigenvalue weighted by Crippen LogP contribution is -2.28. The van der Waals surface area contributed by atoms with Gasteiger partial charge in [0.05, 0.1) is 13.2 Å². The summed E-state index contributed by atoms with van der Waals surface area (Å²) in [6.45, 7) is 6.66. The summed E-state index contributed by atoms with van der Waals surface area (Å²) in [5.41, 5.74) is 3.38. The van der Waals surface area contributed by atoms with Gasteiger partial charge in [-0.25, -0.2) is 9.78 Å². The highest BCUT2D eigenvalue weighted by Gasteiger charge is 2.12. The van der Waals surface area contributed by atoms with Gasteiger partial charge < -0.3 is 19.8 Å². The number of ether oxygens (including phenoxy) is 1. The second-order valence-electron chi connectivity index (χ2n) is 6.16. The van der Waals surface area contributed by atoms with E-state index in [0.29, 0.717) is 24.0 Å². The van der Waals surface area contributed by atoms with Crippen molar-refractivity contribution in [2.75, 3.05) is 11.9 Å². The number of hydrogen-bond donors (Lipinski definition) is 2. The minimum absolute atomic E-state index is 0.282. The predicted octanol–water partition coefficient (Wildman–Crippen LogP) is 4.68. The second kappa shape index (κ2) is 8.40. The number of oxazole rings is 1. The van der Waals surface area contributed by atoms with Gasteiger partial charge in [0.15, 0.2) is 0 Å². The van der Waals surface area contributed by atoms with Crippen molar-refractivity contribution in [3.63, 3.8) is 0 Å². The number of rotatable bonds is 6. The zero-order chi connectivity index (χ0) is 19.2. The molecule has 3 aromatic rings. The largest absolute Gasteiger partial charge is 0.494 e. The Morgan fingerprint density at radius 2 is 1.93 bits per heavy atom. The molecule has 1 aromatic heterocycles. The van der Waals surface area contributed by atoms with Gasteiger partial charge in [-0.1, -0.05) is 12.1 Å². The average molecular weight is 365 g/mol. The van der Waals surface area contributed by atoms with E-state index in [2.05, 4.69) is 15.6 Å². The van der Waals surface area contributed by atoms with Gasteiger partial charge in [-0.15, -0.1) is 0 Å². The van der Waals surface area contributed by atoms with E-state index < -0.39 is 0 Å². The van der Waals surface area contributed by atoms with Gasteiger partial charge in [-0.05, 0) is 62.7 Å². The number of amides is 2. The van der Waals surface area contributed by atoms with E-state index in [1.807, 2.05) is 69.3 Å². The van der Waals surface area contributed by atoms with Crippen molar-refractivity contribution in [2.45, 2.75) is 27.3 Å². The van der Waals surface area contributed by atoms with E-state index in [-0.39, 0.29) is 12.6 Å². The third-order valence-electron chi connectivity index (χ3n) is 4.00. The fourth-order valence-electron chi connectivity index (χ4n) is 2.64. The zero-order valence-corrected chi connectivity index (χ0v) is 15.7. The molecule has 6 nitrogen and oxygen atoms in total. The Kier molecular flexibility index (Phi) is 5.76. The predicted molar refractivity (Wildman–Crippen MR) is 105 cm³/mol. The van der Waals surface area contributed by atoms with Crippen LogP contribution in [0.1, 0.15) is 23.9 Å². The molecule has 0 radical (unpaired) electrons. The maximum Gasteiger partial charge on any atom is 0.319 e. The van der Waals surface area contributed by atoms with Crippen LogP contribution >= 0.6 is 0 Å². The first kappa shape index (κ1) is 18.5. The molecule has 2 amide bonds. The van der Waals surface area contributed by atoms with Crippen LogP contribution in [-0.2, 0) is 6.54 Å². The normalized spacial score (nSPS) is 10.5. The number of carbonyl (C=O) groups is 1. The molecule has 0 aliphatic carbocycles. The van der Waals surface area contributed by atoms with Crippen LogP contribution in [0, 0.1) is 13.8 Å². The number of hydrogen-bond acceptors (Lipinski definition) is 4. The van der Waals surface area contributed by atoms with E-state index in [1.54, 1.807) is 0 Å². The molecule has 1 heterocycles. The Balaban J connectivity index is 1.61. The summed E-state index contributed by atoms with van der Waals surface area (Å²) in [6, 6.07) is 14.9. The number of benzene rings is 2. The number of urea groups is 1. The maximum absolute atomic E-state index is 12.1. The molecule has 0 saturated carbocycles. The summed E-state index contributed by atoms with van der Waals surface area (Å²) < 4.78 is 11.2. The van der Waals surface area contributed by atoms with Gasteiger partial charge in [-0.2, -0.15) is 0 Å². The molecule has 0 aliphatic rings. The van der Waals surface area contributed by atoms with E-state index in [1.165, 1.54) is 0 Å². The Labute approximate surface area is 158 Å². The lowest BCUT2D eigenvalue weighted by molar-refractivity contribution is 0.251. The molecule has 0 aliphatic heterocycles. The molecule has 2 aromatic carbocycles. The number of nitrogens with zero attached hydrogens (tertiary/aromatic N) is 1. The van der Waals surface area contributed by atoms with Crippen molar-refractivity contribution in [1.82, 2.24) is 10.3 Å². The van der Waals surface area contributed by atoms with Crippen LogP contribution in [0.3, 0.4) is 0 Å². The molecule has 140 valence electrons. The molecule has 6 heteroatoms. The van der Waals surface area contributed by atoms with Crippen LogP contribution in [-0.4, -0.2) is 17.6 Å². The Morgan fingerprint density at radius 1 is 1.15 bits per heavy atom. The Morgan fingerprint density at radius 3 is 2.63 bits per heavy atom. The van der Waals surface area contributed by atoms with Crippen molar-refractivity contribution in [3.8, 4) is 17.2 Å². The first-order chi connectivity index (χ1) is 13.0. The molecule has 0 saturated heterocycles. The van der Waals surface area contributed by atoms with Gasteiger partial charge >= 0.3 is 6.03 Å². The number of aromatic nitrogens is 1. The van der Waals surface area contributed by atoms with E-state index in [0.717, 1.165) is 22.6 Å². The molecular weight excluding hydrogens is 342 g/mol. The first-order valence-corrected chi connectivity index (χ1v) is 8.86. The lowest BCUT2D eigenvalue weighted by Gasteiger charge is -2.07. The first-order valence-electron chi connectivity index (χ1n) is 8.86. The van der Waals surface area contributed by atoms with Crippen molar-refractivity contribution < 1.29 is 13.9 Å². The average Bonchev–Trinajstić information content (AvgIpc) is 3.02. The number of nitrogens with one attached hydrogen (secondary N) is 2. The molecule has 2 N–H and O–H groups in total. The molecule has 0 fully saturated rings. The number of carbonyl (C=O) groups excluding carboxylic acids is 1. The molecule has 27 heavy (non-hydrogen) atoms. The lowest BCUT2D eigenvalue weighted by atomic mass is 10.2. The van der Waals surface area contributed by atoms with Crippen molar-refractivity contribution >= 4 is 11.7 Å². The molecule has 0 spiro atoms. The Hall–Kier alpha value is -3.28. The van der Waals surface area contributed by atoms with E-state index >= 15 is 0 Å². The quantitative estimate of drug-likeness (QED) is 0.665. The van der Waals surface area contributed by atoms with Gasteiger partial charge in [0, 0.05) is 11.3 Å². The topological polar surface area (TPSA) is 76.4 Å². The van der Waals surface area contributed by atoms with Gasteiger partial charge in [0.1, 0.15) is 17.2 Å². The summed E-state index contributed by atoms with van der Waals surface area (Å²) in [4.78, 5) is 16.6.